The van der Waals surface area contributed by atoms with Crippen LogP contribution in [0, 0.1) is 5.92 Å². The molecule has 1 saturated carbocycles. The lowest BCUT2D eigenvalue weighted by atomic mass is 10.2. The Kier molecular flexibility index (Phi) is 6.12. The third-order valence-corrected chi connectivity index (χ3v) is 4.79. The van der Waals surface area contributed by atoms with E-state index in [1.54, 1.807) is 37.4 Å². The second-order valence-electron chi connectivity index (χ2n) is 5.92. The van der Waals surface area contributed by atoms with Gasteiger partial charge in [0.25, 0.3) is 0 Å². The number of carbonyl (C=O) groups is 2. The summed E-state index contributed by atoms with van der Waals surface area (Å²) in [5.41, 5.74) is 0.534. The van der Waals surface area contributed by atoms with Crippen LogP contribution in [0.3, 0.4) is 0 Å². The minimum absolute atomic E-state index is 0.0173. The Morgan fingerprint density at radius 2 is 1.93 bits per heavy atom. The number of thioether (sulfide) groups is 1. The summed E-state index contributed by atoms with van der Waals surface area (Å²) in [5, 5.41) is 14.1. The van der Waals surface area contributed by atoms with E-state index < -0.39 is 0 Å². The molecule has 2 amide bonds. The number of carbonyl (C=O) groups excluding carboxylic acids is 2. The molecule has 8 nitrogen and oxygen atoms in total. The number of methoxy groups -OCH3 is 2. The Bertz CT molecular complexity index is 825. The summed E-state index contributed by atoms with van der Waals surface area (Å²) in [4.78, 5) is 23.9. The second kappa shape index (κ2) is 8.72. The van der Waals surface area contributed by atoms with Gasteiger partial charge in [0, 0.05) is 12.0 Å². The summed E-state index contributed by atoms with van der Waals surface area (Å²) in [5.74, 6) is 1.62. The number of anilines is 2. The normalized spacial score (nSPS) is 13.0. The second-order valence-corrected chi connectivity index (χ2v) is 6.92. The van der Waals surface area contributed by atoms with E-state index in [-0.39, 0.29) is 23.5 Å². The Morgan fingerprint density at radius 1 is 1.11 bits per heavy atom. The Labute approximate surface area is 161 Å². The monoisotopic (exact) mass is 388 g/mol. The molecule has 1 fully saturated rings. The van der Waals surface area contributed by atoms with Crippen molar-refractivity contribution in [1.29, 1.82) is 0 Å². The van der Waals surface area contributed by atoms with E-state index in [1.807, 2.05) is 0 Å². The van der Waals surface area contributed by atoms with Crippen molar-refractivity contribution in [1.82, 2.24) is 10.2 Å². The largest absolute Gasteiger partial charge is 0.497 e. The summed E-state index contributed by atoms with van der Waals surface area (Å²) in [7, 11) is 3.09. The zero-order valence-corrected chi connectivity index (χ0v) is 15.8. The summed E-state index contributed by atoms with van der Waals surface area (Å²) >= 11 is 1.25. The molecule has 9 heteroatoms. The van der Waals surface area contributed by atoms with E-state index in [2.05, 4.69) is 20.8 Å². The molecular weight excluding hydrogens is 368 g/mol. The molecule has 0 bridgehead atoms. The van der Waals surface area contributed by atoms with E-state index in [4.69, 9.17) is 9.47 Å². The zero-order chi connectivity index (χ0) is 19.2. The van der Waals surface area contributed by atoms with Crippen LogP contribution in [0.15, 0.2) is 35.4 Å². The van der Waals surface area contributed by atoms with Crippen molar-refractivity contribution in [2.75, 3.05) is 30.6 Å². The van der Waals surface area contributed by atoms with Crippen molar-refractivity contribution in [3.05, 3.63) is 30.3 Å². The van der Waals surface area contributed by atoms with Gasteiger partial charge in [-0.2, -0.15) is 0 Å². The van der Waals surface area contributed by atoms with Gasteiger partial charge in [-0.1, -0.05) is 11.8 Å². The standard InChI is InChI=1S/C18H20N4O4S/c1-25-12-5-6-14(26-2)13(9-12)19-16(23)10-27-17-8-7-15(21-22-17)20-18(24)11-3-4-11/h5-9,11H,3-4,10H2,1-2H3,(H,19,23)(H,20,21,24). The van der Waals surface area contributed by atoms with Crippen molar-refractivity contribution >= 4 is 35.1 Å². The fourth-order valence-electron chi connectivity index (χ4n) is 2.28. The van der Waals surface area contributed by atoms with Gasteiger partial charge in [0.1, 0.15) is 16.5 Å². The van der Waals surface area contributed by atoms with Crippen LogP contribution in [-0.4, -0.2) is 42.0 Å². The number of amides is 2. The van der Waals surface area contributed by atoms with Gasteiger partial charge in [-0.05, 0) is 37.1 Å². The molecule has 1 aromatic heterocycles. The molecule has 0 atom stereocenters. The van der Waals surface area contributed by atoms with Crippen LogP contribution >= 0.6 is 11.8 Å². The smallest absolute Gasteiger partial charge is 0.234 e. The lowest BCUT2D eigenvalue weighted by Gasteiger charge is -2.11. The van der Waals surface area contributed by atoms with Gasteiger partial charge in [-0.25, -0.2) is 0 Å². The molecule has 0 unspecified atom stereocenters. The molecule has 1 aromatic carbocycles. The van der Waals surface area contributed by atoms with Crippen LogP contribution in [0.2, 0.25) is 0 Å². The Hall–Kier alpha value is -2.81. The zero-order valence-electron chi connectivity index (χ0n) is 15.0. The molecule has 3 rings (SSSR count). The summed E-state index contributed by atoms with van der Waals surface area (Å²) in [6.45, 7) is 0. The van der Waals surface area contributed by atoms with Gasteiger partial charge in [0.15, 0.2) is 5.82 Å². The Morgan fingerprint density at radius 3 is 2.56 bits per heavy atom. The van der Waals surface area contributed by atoms with E-state index >= 15 is 0 Å². The average molecular weight is 388 g/mol. The van der Waals surface area contributed by atoms with Crippen LogP contribution in [0.4, 0.5) is 11.5 Å². The predicted molar refractivity (Wildman–Crippen MR) is 102 cm³/mol. The molecule has 0 radical (unpaired) electrons. The van der Waals surface area contributed by atoms with Crippen LogP contribution in [0.25, 0.3) is 0 Å². The molecule has 0 saturated heterocycles. The number of hydrogen-bond donors (Lipinski definition) is 2. The lowest BCUT2D eigenvalue weighted by Crippen LogP contribution is -2.15. The first-order valence-electron chi connectivity index (χ1n) is 8.38. The fraction of sp³-hybridized carbons (Fsp3) is 0.333. The van der Waals surface area contributed by atoms with Gasteiger partial charge < -0.3 is 20.1 Å². The van der Waals surface area contributed by atoms with E-state index in [9.17, 15) is 9.59 Å². The average Bonchev–Trinajstić information content (AvgIpc) is 3.53. The molecule has 0 aliphatic heterocycles. The highest BCUT2D eigenvalue weighted by Crippen LogP contribution is 2.30. The summed E-state index contributed by atoms with van der Waals surface area (Å²) in [6.07, 6.45) is 1.86. The maximum absolute atomic E-state index is 12.2. The predicted octanol–water partition coefficient (Wildman–Crippen LogP) is 2.57. The van der Waals surface area contributed by atoms with Crippen molar-refractivity contribution in [3.8, 4) is 11.5 Å². The first-order valence-corrected chi connectivity index (χ1v) is 9.37. The molecule has 1 aliphatic carbocycles. The first kappa shape index (κ1) is 19.0. The molecular formula is C18H20N4O4S. The maximum atomic E-state index is 12.2. The highest BCUT2D eigenvalue weighted by atomic mass is 32.2. The molecule has 2 N–H and O–H groups in total. The number of aromatic nitrogens is 2. The molecule has 142 valence electrons. The lowest BCUT2D eigenvalue weighted by molar-refractivity contribution is -0.117. The van der Waals surface area contributed by atoms with E-state index in [1.165, 1.54) is 18.9 Å². The minimum Gasteiger partial charge on any atom is -0.497 e. The maximum Gasteiger partial charge on any atom is 0.234 e. The van der Waals surface area contributed by atoms with Crippen LogP contribution in [-0.2, 0) is 9.59 Å². The van der Waals surface area contributed by atoms with E-state index in [0.717, 1.165) is 12.8 Å². The van der Waals surface area contributed by atoms with Crippen molar-refractivity contribution in [2.45, 2.75) is 17.9 Å². The van der Waals surface area contributed by atoms with Crippen molar-refractivity contribution < 1.29 is 19.1 Å². The van der Waals surface area contributed by atoms with Crippen LogP contribution in [0.5, 0.6) is 11.5 Å². The summed E-state index contributed by atoms with van der Waals surface area (Å²) < 4.78 is 10.4. The van der Waals surface area contributed by atoms with Crippen LogP contribution in [0.1, 0.15) is 12.8 Å². The fourth-order valence-corrected chi connectivity index (χ4v) is 2.89. The van der Waals surface area contributed by atoms with Gasteiger partial charge in [0.05, 0.1) is 25.7 Å². The summed E-state index contributed by atoms with van der Waals surface area (Å²) in [6, 6.07) is 8.57. The third kappa shape index (κ3) is 5.33. The third-order valence-electron chi connectivity index (χ3n) is 3.87. The number of benzene rings is 1. The van der Waals surface area contributed by atoms with Gasteiger partial charge in [-0.3, -0.25) is 9.59 Å². The van der Waals surface area contributed by atoms with Gasteiger partial charge in [-0.15, -0.1) is 10.2 Å². The molecule has 1 aliphatic rings. The molecule has 0 spiro atoms. The minimum atomic E-state index is -0.209. The molecule has 1 heterocycles. The highest BCUT2D eigenvalue weighted by molar-refractivity contribution is 7.99. The van der Waals surface area contributed by atoms with Gasteiger partial charge in [0.2, 0.25) is 11.8 Å². The SMILES string of the molecule is COc1ccc(OC)c(NC(=O)CSc2ccc(NC(=O)C3CC3)nn2)c1. The van der Waals surface area contributed by atoms with E-state index in [0.29, 0.717) is 28.0 Å². The number of ether oxygens (including phenoxy) is 2. The number of rotatable bonds is 8. The highest BCUT2D eigenvalue weighted by Gasteiger charge is 2.29. The quantitative estimate of drug-likeness (QED) is 0.670. The molecule has 2 aromatic rings. The number of nitrogens with zero attached hydrogens (tertiary/aromatic N) is 2. The van der Waals surface area contributed by atoms with Gasteiger partial charge >= 0.3 is 0 Å². The topological polar surface area (TPSA) is 102 Å². The number of hydrogen-bond acceptors (Lipinski definition) is 7. The van der Waals surface area contributed by atoms with Crippen LogP contribution < -0.4 is 20.1 Å². The Balaban J connectivity index is 1.52. The van der Waals surface area contributed by atoms with Crippen molar-refractivity contribution in [2.24, 2.45) is 5.92 Å². The number of nitrogens with one attached hydrogen (secondary N) is 2. The first-order chi connectivity index (χ1) is 13.1. The molecule has 27 heavy (non-hydrogen) atoms. The van der Waals surface area contributed by atoms with Crippen molar-refractivity contribution in [3.63, 3.8) is 0 Å².